The van der Waals surface area contributed by atoms with Crippen LogP contribution in [0.2, 0.25) is 0 Å². The highest BCUT2D eigenvalue weighted by Gasteiger charge is 2.35. The molecule has 0 aliphatic carbocycles. The molecule has 2 heterocycles. The summed E-state index contributed by atoms with van der Waals surface area (Å²) in [6.07, 6.45) is 0. The van der Waals surface area contributed by atoms with Crippen molar-refractivity contribution in [1.82, 2.24) is 13.9 Å². The van der Waals surface area contributed by atoms with Crippen molar-refractivity contribution in [2.24, 2.45) is 0 Å². The second-order valence-electron chi connectivity index (χ2n) is 4.18. The third-order valence-electron chi connectivity index (χ3n) is 3.03. The van der Waals surface area contributed by atoms with Gasteiger partial charge in [0.1, 0.15) is 0 Å². The van der Waals surface area contributed by atoms with E-state index in [0.29, 0.717) is 32.8 Å². The van der Waals surface area contributed by atoms with Crippen molar-refractivity contribution in [2.75, 3.05) is 45.9 Å². The molecule has 7 heteroatoms. The highest BCUT2D eigenvalue weighted by atomic mass is 32.2. The molecular weight excluding hydrogens is 230 g/mol. The molecule has 6 nitrogen and oxygen atoms in total. The maximum Gasteiger partial charge on any atom is 0.282 e. The smallest absolute Gasteiger partial charge is 0.282 e. The zero-order chi connectivity index (χ0) is 11.6. The summed E-state index contributed by atoms with van der Waals surface area (Å²) in [6.45, 7) is 5.89. The van der Waals surface area contributed by atoms with Crippen molar-refractivity contribution >= 4 is 10.2 Å². The van der Waals surface area contributed by atoms with E-state index >= 15 is 0 Å². The van der Waals surface area contributed by atoms with Crippen LogP contribution in [0.25, 0.3) is 0 Å². The third-order valence-corrected chi connectivity index (χ3v) is 5.19. The summed E-state index contributed by atoms with van der Waals surface area (Å²) in [5, 5.41) is 3.19. The minimum Gasteiger partial charge on any atom is -0.379 e. The Morgan fingerprint density at radius 3 is 2.56 bits per heavy atom. The molecule has 1 N–H and O–H groups in total. The van der Waals surface area contributed by atoms with Crippen molar-refractivity contribution in [1.29, 1.82) is 0 Å². The van der Waals surface area contributed by atoms with Crippen LogP contribution < -0.4 is 5.32 Å². The van der Waals surface area contributed by atoms with Gasteiger partial charge in [-0.3, -0.25) is 0 Å². The molecule has 0 saturated carbocycles. The molecule has 1 unspecified atom stereocenters. The van der Waals surface area contributed by atoms with Crippen LogP contribution in [0.5, 0.6) is 0 Å². The fourth-order valence-electron chi connectivity index (χ4n) is 2.09. The number of hydrogen-bond donors (Lipinski definition) is 1. The van der Waals surface area contributed by atoms with E-state index in [0.717, 1.165) is 13.1 Å². The number of ether oxygens (including phenoxy) is 1. The number of rotatable bonds is 2. The third kappa shape index (κ3) is 2.38. The summed E-state index contributed by atoms with van der Waals surface area (Å²) in [4.78, 5) is 0. The average Bonchev–Trinajstić information content (AvgIpc) is 2.30. The van der Waals surface area contributed by atoms with Crippen LogP contribution in [-0.4, -0.2) is 69.0 Å². The number of nitrogens with zero attached hydrogens (tertiary/aromatic N) is 2. The number of piperazine rings is 1. The van der Waals surface area contributed by atoms with Crippen LogP contribution in [-0.2, 0) is 14.9 Å². The van der Waals surface area contributed by atoms with Crippen molar-refractivity contribution in [3.8, 4) is 0 Å². The first kappa shape index (κ1) is 12.3. The molecule has 2 fully saturated rings. The lowest BCUT2D eigenvalue weighted by Crippen LogP contribution is -2.57. The Bertz CT molecular complexity index is 327. The SMILES string of the molecule is CC1CNCCN1S(=O)(=O)N1CCOCC1. The topological polar surface area (TPSA) is 61.9 Å². The van der Waals surface area contributed by atoms with E-state index in [9.17, 15) is 8.42 Å². The van der Waals surface area contributed by atoms with Gasteiger partial charge in [-0.15, -0.1) is 0 Å². The normalized spacial score (nSPS) is 30.4. The molecule has 0 aromatic carbocycles. The molecule has 0 aromatic rings. The van der Waals surface area contributed by atoms with Crippen LogP contribution in [0.4, 0.5) is 0 Å². The van der Waals surface area contributed by atoms with E-state index < -0.39 is 10.2 Å². The minimum absolute atomic E-state index is 0.0293. The van der Waals surface area contributed by atoms with Crippen molar-refractivity contribution in [3.05, 3.63) is 0 Å². The van der Waals surface area contributed by atoms with Crippen molar-refractivity contribution < 1.29 is 13.2 Å². The lowest BCUT2D eigenvalue weighted by atomic mass is 10.3. The van der Waals surface area contributed by atoms with Crippen LogP contribution in [0.15, 0.2) is 0 Å². The Balaban J connectivity index is 2.10. The van der Waals surface area contributed by atoms with E-state index in [4.69, 9.17) is 4.74 Å². The largest absolute Gasteiger partial charge is 0.379 e. The monoisotopic (exact) mass is 249 g/mol. The summed E-state index contributed by atoms with van der Waals surface area (Å²) < 4.78 is 32.9. The zero-order valence-electron chi connectivity index (χ0n) is 9.55. The highest BCUT2D eigenvalue weighted by molar-refractivity contribution is 7.86. The summed E-state index contributed by atoms with van der Waals surface area (Å²) in [5.74, 6) is 0. The Kier molecular flexibility index (Phi) is 3.81. The molecule has 0 spiro atoms. The number of nitrogens with one attached hydrogen (secondary N) is 1. The van der Waals surface area contributed by atoms with Gasteiger partial charge in [0, 0.05) is 38.8 Å². The summed E-state index contributed by atoms with van der Waals surface area (Å²) >= 11 is 0. The molecule has 2 aliphatic rings. The Morgan fingerprint density at radius 1 is 1.25 bits per heavy atom. The van der Waals surface area contributed by atoms with Gasteiger partial charge in [0.25, 0.3) is 10.2 Å². The van der Waals surface area contributed by atoms with E-state index in [1.165, 1.54) is 4.31 Å². The average molecular weight is 249 g/mol. The van der Waals surface area contributed by atoms with Gasteiger partial charge in [-0.2, -0.15) is 17.0 Å². The summed E-state index contributed by atoms with van der Waals surface area (Å²) in [6, 6.07) is 0.0293. The van der Waals surface area contributed by atoms with Gasteiger partial charge >= 0.3 is 0 Å². The van der Waals surface area contributed by atoms with Crippen LogP contribution in [0, 0.1) is 0 Å². The first-order chi connectivity index (χ1) is 7.62. The molecular formula is C9H19N3O3S. The lowest BCUT2D eigenvalue weighted by molar-refractivity contribution is 0.0688. The molecule has 0 amide bonds. The Labute approximate surface area is 96.7 Å². The van der Waals surface area contributed by atoms with E-state index in [1.807, 2.05) is 6.92 Å². The molecule has 0 bridgehead atoms. The van der Waals surface area contributed by atoms with Gasteiger partial charge in [0.05, 0.1) is 13.2 Å². The molecule has 16 heavy (non-hydrogen) atoms. The van der Waals surface area contributed by atoms with Gasteiger partial charge in [-0.1, -0.05) is 0 Å². The Hall–Kier alpha value is -0.210. The first-order valence-corrected chi connectivity index (χ1v) is 7.07. The van der Waals surface area contributed by atoms with Crippen molar-refractivity contribution in [3.63, 3.8) is 0 Å². The second-order valence-corrected chi connectivity index (χ2v) is 6.06. The molecule has 1 atom stereocenters. The minimum atomic E-state index is -3.29. The van der Waals surface area contributed by atoms with Gasteiger partial charge in [-0.05, 0) is 6.92 Å². The Morgan fingerprint density at radius 2 is 1.94 bits per heavy atom. The maximum absolute atomic E-state index is 12.3. The molecule has 0 aromatic heterocycles. The molecule has 2 rings (SSSR count). The predicted octanol–water partition coefficient (Wildman–Crippen LogP) is -1.14. The first-order valence-electron chi connectivity index (χ1n) is 5.68. The summed E-state index contributed by atoms with van der Waals surface area (Å²) in [7, 11) is -3.29. The van der Waals surface area contributed by atoms with E-state index in [2.05, 4.69) is 5.32 Å². The van der Waals surface area contributed by atoms with E-state index in [1.54, 1.807) is 4.31 Å². The van der Waals surface area contributed by atoms with E-state index in [-0.39, 0.29) is 6.04 Å². The molecule has 0 radical (unpaired) electrons. The predicted molar refractivity (Wildman–Crippen MR) is 60.3 cm³/mol. The van der Waals surface area contributed by atoms with Gasteiger partial charge < -0.3 is 10.1 Å². The fraction of sp³-hybridized carbons (Fsp3) is 1.00. The molecule has 2 saturated heterocycles. The zero-order valence-corrected chi connectivity index (χ0v) is 10.4. The quantitative estimate of drug-likeness (QED) is 0.672. The summed E-state index contributed by atoms with van der Waals surface area (Å²) in [5.41, 5.74) is 0. The number of hydrogen-bond acceptors (Lipinski definition) is 4. The standard InChI is InChI=1S/C9H19N3O3S/c1-9-8-10-2-3-12(9)16(13,14)11-4-6-15-7-5-11/h9-10H,2-8H2,1H3. The molecule has 94 valence electrons. The highest BCUT2D eigenvalue weighted by Crippen LogP contribution is 2.15. The second kappa shape index (κ2) is 4.97. The van der Waals surface area contributed by atoms with Crippen molar-refractivity contribution in [2.45, 2.75) is 13.0 Å². The van der Waals surface area contributed by atoms with Gasteiger partial charge in [0.15, 0.2) is 0 Å². The van der Waals surface area contributed by atoms with Gasteiger partial charge in [-0.25, -0.2) is 0 Å². The maximum atomic E-state index is 12.3. The molecule has 2 aliphatic heterocycles. The lowest BCUT2D eigenvalue weighted by Gasteiger charge is -2.37. The van der Waals surface area contributed by atoms with Crippen LogP contribution in [0.3, 0.4) is 0 Å². The van der Waals surface area contributed by atoms with Crippen LogP contribution >= 0.6 is 0 Å². The van der Waals surface area contributed by atoms with Gasteiger partial charge in [0.2, 0.25) is 0 Å². The van der Waals surface area contributed by atoms with Crippen LogP contribution in [0.1, 0.15) is 6.92 Å². The fourth-order valence-corrected chi connectivity index (χ4v) is 3.85. The number of morpholine rings is 1.